The summed E-state index contributed by atoms with van der Waals surface area (Å²) in [6.07, 6.45) is 3.99. The van der Waals surface area contributed by atoms with E-state index in [2.05, 4.69) is 20.5 Å². The normalized spacial score (nSPS) is 16.4. The molecule has 0 bridgehead atoms. The van der Waals surface area contributed by atoms with Crippen molar-refractivity contribution in [2.75, 3.05) is 32.0 Å². The van der Waals surface area contributed by atoms with Crippen LogP contribution in [0, 0.1) is 0 Å². The Morgan fingerprint density at radius 1 is 1.19 bits per heavy atom. The summed E-state index contributed by atoms with van der Waals surface area (Å²) in [6, 6.07) is 6.02. The molecule has 1 aliphatic rings. The third kappa shape index (κ3) is 2.97. The van der Waals surface area contributed by atoms with E-state index in [1.807, 2.05) is 19.1 Å². The van der Waals surface area contributed by atoms with E-state index in [0.717, 1.165) is 29.9 Å². The number of hydrogen-bond donors (Lipinski definition) is 1. The van der Waals surface area contributed by atoms with Crippen molar-refractivity contribution in [3.05, 3.63) is 18.2 Å². The van der Waals surface area contributed by atoms with Crippen molar-refractivity contribution in [2.24, 2.45) is 0 Å². The number of nitrogens with zero attached hydrogens (tertiary/aromatic N) is 3. The minimum absolute atomic E-state index is 0.578. The van der Waals surface area contributed by atoms with Crippen molar-refractivity contribution in [3.8, 4) is 5.75 Å². The summed E-state index contributed by atoms with van der Waals surface area (Å²) in [7, 11) is 0. The molecule has 1 saturated heterocycles. The third-order valence-electron chi connectivity index (χ3n) is 4.16. The average Bonchev–Trinajstić information content (AvgIpc) is 2.83. The quantitative estimate of drug-likeness (QED) is 0.918. The number of rotatable bonds is 5. The van der Waals surface area contributed by atoms with Crippen LogP contribution in [-0.2, 0) is 6.54 Å². The molecule has 2 N–H and O–H groups in total. The number of anilines is 1. The molecule has 5 heteroatoms. The van der Waals surface area contributed by atoms with Crippen molar-refractivity contribution in [1.82, 2.24) is 14.5 Å². The van der Waals surface area contributed by atoms with Gasteiger partial charge in [0.05, 0.1) is 12.1 Å². The van der Waals surface area contributed by atoms with Crippen LogP contribution in [-0.4, -0.2) is 40.7 Å². The number of piperidine rings is 1. The van der Waals surface area contributed by atoms with Gasteiger partial charge in [-0.1, -0.05) is 12.5 Å². The number of hydrogen-bond acceptors (Lipinski definition) is 4. The molecule has 0 spiro atoms. The number of benzene rings is 1. The zero-order chi connectivity index (χ0) is 14.7. The van der Waals surface area contributed by atoms with E-state index in [-0.39, 0.29) is 0 Å². The summed E-state index contributed by atoms with van der Waals surface area (Å²) in [4.78, 5) is 7.01. The van der Waals surface area contributed by atoms with Crippen molar-refractivity contribution in [3.63, 3.8) is 0 Å². The fourth-order valence-corrected chi connectivity index (χ4v) is 3.07. The molecular formula is C16H24N4O. The molecule has 5 nitrogen and oxygen atoms in total. The highest BCUT2D eigenvalue weighted by molar-refractivity contribution is 5.84. The maximum Gasteiger partial charge on any atom is 0.201 e. The molecule has 2 heterocycles. The van der Waals surface area contributed by atoms with Crippen LogP contribution in [0.15, 0.2) is 18.2 Å². The lowest BCUT2D eigenvalue weighted by Crippen LogP contribution is -2.32. The number of imidazole rings is 1. The lowest BCUT2D eigenvalue weighted by molar-refractivity contribution is 0.222. The van der Waals surface area contributed by atoms with Crippen molar-refractivity contribution in [2.45, 2.75) is 32.7 Å². The zero-order valence-electron chi connectivity index (χ0n) is 12.7. The van der Waals surface area contributed by atoms with Gasteiger partial charge in [0, 0.05) is 13.1 Å². The van der Waals surface area contributed by atoms with Gasteiger partial charge in [-0.15, -0.1) is 0 Å². The molecule has 0 saturated carbocycles. The van der Waals surface area contributed by atoms with Crippen LogP contribution < -0.4 is 10.5 Å². The van der Waals surface area contributed by atoms with Crippen molar-refractivity contribution >= 4 is 17.0 Å². The summed E-state index contributed by atoms with van der Waals surface area (Å²) < 4.78 is 7.74. The van der Waals surface area contributed by atoms with Crippen molar-refractivity contribution in [1.29, 1.82) is 0 Å². The van der Waals surface area contributed by atoms with E-state index in [1.165, 1.54) is 32.4 Å². The van der Waals surface area contributed by atoms with Gasteiger partial charge in [-0.3, -0.25) is 0 Å². The fourth-order valence-electron chi connectivity index (χ4n) is 3.07. The smallest absolute Gasteiger partial charge is 0.201 e. The SMILES string of the molecule is CCOc1cccc2c1nc(N)n2CCN1CCCCC1. The van der Waals surface area contributed by atoms with Crippen LogP contribution in [0.3, 0.4) is 0 Å². The zero-order valence-corrected chi connectivity index (χ0v) is 12.7. The first-order valence-electron chi connectivity index (χ1n) is 7.89. The van der Waals surface area contributed by atoms with Crippen LogP contribution in [0.25, 0.3) is 11.0 Å². The number of ether oxygens (including phenoxy) is 1. The first kappa shape index (κ1) is 14.2. The van der Waals surface area contributed by atoms with E-state index in [0.29, 0.717) is 12.6 Å². The largest absolute Gasteiger partial charge is 0.492 e. The molecule has 2 aromatic rings. The number of para-hydroxylation sites is 1. The Hall–Kier alpha value is -1.75. The number of nitrogens with two attached hydrogens (primary N) is 1. The van der Waals surface area contributed by atoms with Gasteiger partial charge in [0.15, 0.2) is 0 Å². The average molecular weight is 288 g/mol. The predicted molar refractivity (Wildman–Crippen MR) is 85.6 cm³/mol. The molecule has 1 aromatic carbocycles. The monoisotopic (exact) mass is 288 g/mol. The highest BCUT2D eigenvalue weighted by atomic mass is 16.5. The molecule has 1 aliphatic heterocycles. The number of nitrogen functional groups attached to an aromatic ring is 1. The molecule has 3 rings (SSSR count). The molecule has 0 atom stereocenters. The first-order valence-corrected chi connectivity index (χ1v) is 7.89. The van der Waals surface area contributed by atoms with Gasteiger partial charge in [-0.2, -0.15) is 0 Å². The Labute approximate surface area is 125 Å². The maximum absolute atomic E-state index is 6.11. The second-order valence-corrected chi connectivity index (χ2v) is 5.58. The van der Waals surface area contributed by atoms with E-state index in [4.69, 9.17) is 10.5 Å². The molecule has 21 heavy (non-hydrogen) atoms. The number of aromatic nitrogens is 2. The Morgan fingerprint density at radius 2 is 2.00 bits per heavy atom. The Balaban J connectivity index is 1.81. The second kappa shape index (κ2) is 6.35. The molecule has 0 aliphatic carbocycles. The Kier molecular flexibility index (Phi) is 4.29. The van der Waals surface area contributed by atoms with Crippen LogP contribution >= 0.6 is 0 Å². The summed E-state index contributed by atoms with van der Waals surface area (Å²) in [6.45, 7) is 6.95. The minimum atomic E-state index is 0.578. The Morgan fingerprint density at radius 3 is 2.76 bits per heavy atom. The van der Waals surface area contributed by atoms with Crippen LogP contribution in [0.2, 0.25) is 0 Å². The Bertz CT molecular complexity index is 602. The lowest BCUT2D eigenvalue weighted by Gasteiger charge is -2.26. The molecule has 1 fully saturated rings. The highest BCUT2D eigenvalue weighted by Gasteiger charge is 2.14. The second-order valence-electron chi connectivity index (χ2n) is 5.58. The number of fused-ring (bicyclic) bond motifs is 1. The van der Waals surface area contributed by atoms with Gasteiger partial charge in [0.1, 0.15) is 11.3 Å². The van der Waals surface area contributed by atoms with Crippen LogP contribution in [0.1, 0.15) is 26.2 Å². The minimum Gasteiger partial charge on any atom is -0.492 e. The van der Waals surface area contributed by atoms with Gasteiger partial charge in [0.2, 0.25) is 5.95 Å². The topological polar surface area (TPSA) is 56.3 Å². The van der Waals surface area contributed by atoms with Gasteiger partial charge < -0.3 is 19.9 Å². The van der Waals surface area contributed by atoms with Crippen molar-refractivity contribution < 1.29 is 4.74 Å². The molecule has 1 aromatic heterocycles. The fraction of sp³-hybridized carbons (Fsp3) is 0.562. The van der Waals surface area contributed by atoms with E-state index >= 15 is 0 Å². The third-order valence-corrected chi connectivity index (χ3v) is 4.16. The molecular weight excluding hydrogens is 264 g/mol. The van der Waals surface area contributed by atoms with Gasteiger partial charge in [0.25, 0.3) is 0 Å². The summed E-state index contributed by atoms with van der Waals surface area (Å²) in [5.41, 5.74) is 8.05. The van der Waals surface area contributed by atoms with Gasteiger partial charge in [-0.25, -0.2) is 4.98 Å². The van der Waals surface area contributed by atoms with Gasteiger partial charge in [-0.05, 0) is 45.0 Å². The molecule has 0 radical (unpaired) electrons. The van der Waals surface area contributed by atoms with E-state index < -0.39 is 0 Å². The standard InChI is InChI=1S/C16H24N4O/c1-2-21-14-8-6-7-13-15(14)18-16(17)20(13)12-11-19-9-4-3-5-10-19/h6-8H,2-5,9-12H2,1H3,(H2,17,18). The summed E-state index contributed by atoms with van der Waals surface area (Å²) in [5.74, 6) is 1.40. The lowest BCUT2D eigenvalue weighted by atomic mass is 10.1. The van der Waals surface area contributed by atoms with Crippen LogP contribution in [0.4, 0.5) is 5.95 Å². The van der Waals surface area contributed by atoms with Gasteiger partial charge >= 0.3 is 0 Å². The van der Waals surface area contributed by atoms with E-state index in [1.54, 1.807) is 0 Å². The first-order chi connectivity index (χ1) is 10.3. The van der Waals surface area contributed by atoms with Crippen LogP contribution in [0.5, 0.6) is 5.75 Å². The maximum atomic E-state index is 6.11. The predicted octanol–water partition coefficient (Wildman–Crippen LogP) is 2.50. The van der Waals surface area contributed by atoms with E-state index in [9.17, 15) is 0 Å². The summed E-state index contributed by atoms with van der Waals surface area (Å²) in [5, 5.41) is 0. The summed E-state index contributed by atoms with van der Waals surface area (Å²) >= 11 is 0. The molecule has 0 amide bonds. The highest BCUT2D eigenvalue weighted by Crippen LogP contribution is 2.27. The number of likely N-dealkylation sites (tertiary alicyclic amines) is 1. The molecule has 0 unspecified atom stereocenters. The molecule has 114 valence electrons.